The molecule has 19 heavy (non-hydrogen) atoms. The summed E-state index contributed by atoms with van der Waals surface area (Å²) in [6, 6.07) is 7.96. The molecule has 104 valence electrons. The first-order valence-corrected chi connectivity index (χ1v) is 6.68. The van der Waals surface area contributed by atoms with E-state index in [2.05, 4.69) is 16.0 Å². The molecule has 0 aliphatic heterocycles. The number of rotatable bonds is 7. The van der Waals surface area contributed by atoms with E-state index in [1.807, 2.05) is 24.3 Å². The van der Waals surface area contributed by atoms with Gasteiger partial charge in [-0.2, -0.15) is 0 Å². The topological polar surface area (TPSA) is 62.4 Å². The molecule has 1 aliphatic carbocycles. The van der Waals surface area contributed by atoms with E-state index < -0.39 is 0 Å². The molecule has 3 N–H and O–H groups in total. The van der Waals surface area contributed by atoms with Crippen LogP contribution in [0.1, 0.15) is 19.3 Å². The minimum Gasteiger partial charge on any atom is -0.385 e. The van der Waals surface area contributed by atoms with Gasteiger partial charge in [0.15, 0.2) is 0 Å². The highest BCUT2D eigenvalue weighted by atomic mass is 16.5. The lowest BCUT2D eigenvalue weighted by molar-refractivity contribution is 0.198. The van der Waals surface area contributed by atoms with E-state index in [0.717, 1.165) is 43.8 Å². The maximum atomic E-state index is 11.5. The monoisotopic (exact) mass is 263 g/mol. The Morgan fingerprint density at radius 3 is 2.58 bits per heavy atom. The molecule has 5 nitrogen and oxygen atoms in total. The molecule has 0 bridgehead atoms. The van der Waals surface area contributed by atoms with Gasteiger partial charge in [0, 0.05) is 37.7 Å². The van der Waals surface area contributed by atoms with Crippen LogP contribution in [0.15, 0.2) is 24.3 Å². The highest BCUT2D eigenvalue weighted by Crippen LogP contribution is 2.19. The van der Waals surface area contributed by atoms with Gasteiger partial charge in [0.25, 0.3) is 0 Å². The number of ether oxygens (including phenoxy) is 1. The molecule has 5 heteroatoms. The van der Waals surface area contributed by atoms with Crippen LogP contribution >= 0.6 is 0 Å². The molecule has 0 unspecified atom stereocenters. The van der Waals surface area contributed by atoms with Gasteiger partial charge in [-0.3, -0.25) is 0 Å². The van der Waals surface area contributed by atoms with Gasteiger partial charge in [0.1, 0.15) is 0 Å². The molecule has 1 fully saturated rings. The van der Waals surface area contributed by atoms with Gasteiger partial charge in [0.05, 0.1) is 0 Å². The van der Waals surface area contributed by atoms with Gasteiger partial charge >= 0.3 is 6.03 Å². The molecular formula is C14H21N3O2. The highest BCUT2D eigenvalue weighted by Gasteiger charge is 2.22. The van der Waals surface area contributed by atoms with Gasteiger partial charge < -0.3 is 20.7 Å². The van der Waals surface area contributed by atoms with Crippen LogP contribution in [0, 0.1) is 0 Å². The summed E-state index contributed by atoms with van der Waals surface area (Å²) in [4.78, 5) is 11.5. The summed E-state index contributed by atoms with van der Waals surface area (Å²) in [5, 5.41) is 9.00. The predicted molar refractivity (Wildman–Crippen MR) is 76.6 cm³/mol. The second-order valence-electron chi connectivity index (χ2n) is 4.72. The minimum absolute atomic E-state index is 0.122. The number of anilines is 2. The van der Waals surface area contributed by atoms with Crippen molar-refractivity contribution in [1.29, 1.82) is 0 Å². The van der Waals surface area contributed by atoms with Gasteiger partial charge in [0.2, 0.25) is 0 Å². The van der Waals surface area contributed by atoms with Crippen molar-refractivity contribution in [3.05, 3.63) is 24.3 Å². The van der Waals surface area contributed by atoms with Gasteiger partial charge in [-0.05, 0) is 43.5 Å². The SMILES string of the molecule is COCCCNc1ccc(NC(=O)NC2CC2)cc1. The van der Waals surface area contributed by atoms with Crippen LogP contribution < -0.4 is 16.0 Å². The lowest BCUT2D eigenvalue weighted by Crippen LogP contribution is -2.30. The van der Waals surface area contributed by atoms with E-state index >= 15 is 0 Å². The van der Waals surface area contributed by atoms with E-state index in [4.69, 9.17) is 4.74 Å². The van der Waals surface area contributed by atoms with Crippen LogP contribution in [-0.2, 0) is 4.74 Å². The standard InChI is InChI=1S/C14H21N3O2/c1-19-10-2-9-15-11-3-5-12(6-4-11)16-14(18)17-13-7-8-13/h3-6,13,15H,2,7-10H2,1H3,(H2,16,17,18). The number of hydrogen-bond donors (Lipinski definition) is 3. The van der Waals surface area contributed by atoms with E-state index in [1.165, 1.54) is 0 Å². The van der Waals surface area contributed by atoms with Crippen molar-refractivity contribution in [2.75, 3.05) is 30.9 Å². The number of hydrogen-bond acceptors (Lipinski definition) is 3. The summed E-state index contributed by atoms with van der Waals surface area (Å²) in [5.41, 5.74) is 1.85. The van der Waals surface area contributed by atoms with Crippen molar-refractivity contribution >= 4 is 17.4 Å². The fourth-order valence-electron chi connectivity index (χ4n) is 1.70. The minimum atomic E-state index is -0.122. The fraction of sp³-hybridized carbons (Fsp3) is 0.500. The Kier molecular flexibility index (Phi) is 5.03. The van der Waals surface area contributed by atoms with Crippen LogP contribution in [0.3, 0.4) is 0 Å². The molecule has 0 radical (unpaired) electrons. The smallest absolute Gasteiger partial charge is 0.319 e. The Hall–Kier alpha value is -1.75. The fourth-order valence-corrected chi connectivity index (χ4v) is 1.70. The molecule has 1 aromatic rings. The number of methoxy groups -OCH3 is 1. The maximum absolute atomic E-state index is 11.5. The average molecular weight is 263 g/mol. The highest BCUT2D eigenvalue weighted by molar-refractivity contribution is 5.89. The molecule has 2 rings (SSSR count). The zero-order chi connectivity index (χ0) is 13.5. The molecule has 1 saturated carbocycles. The summed E-state index contributed by atoms with van der Waals surface area (Å²) >= 11 is 0. The molecule has 1 aliphatic rings. The van der Waals surface area contributed by atoms with Crippen molar-refractivity contribution < 1.29 is 9.53 Å². The molecule has 2 amide bonds. The number of benzene rings is 1. The van der Waals surface area contributed by atoms with Crippen molar-refractivity contribution in [2.24, 2.45) is 0 Å². The third-order valence-electron chi connectivity index (χ3n) is 2.91. The number of nitrogens with one attached hydrogen (secondary N) is 3. The number of urea groups is 1. The first-order valence-electron chi connectivity index (χ1n) is 6.68. The summed E-state index contributed by atoms with van der Waals surface area (Å²) < 4.78 is 4.98. The lowest BCUT2D eigenvalue weighted by Gasteiger charge is -2.09. The average Bonchev–Trinajstić information content (AvgIpc) is 3.20. The van der Waals surface area contributed by atoms with Crippen molar-refractivity contribution in [2.45, 2.75) is 25.3 Å². The maximum Gasteiger partial charge on any atom is 0.319 e. The van der Waals surface area contributed by atoms with Crippen LogP contribution in [-0.4, -0.2) is 32.3 Å². The second-order valence-corrected chi connectivity index (χ2v) is 4.72. The number of carbonyl (C=O) groups is 1. The van der Waals surface area contributed by atoms with E-state index in [1.54, 1.807) is 7.11 Å². The molecule has 1 aromatic carbocycles. The van der Waals surface area contributed by atoms with Crippen LogP contribution in [0.25, 0.3) is 0 Å². The van der Waals surface area contributed by atoms with Gasteiger partial charge in [-0.15, -0.1) is 0 Å². The van der Waals surface area contributed by atoms with Crippen LogP contribution in [0.2, 0.25) is 0 Å². The van der Waals surface area contributed by atoms with Crippen LogP contribution in [0.4, 0.5) is 16.2 Å². The van der Waals surface area contributed by atoms with Crippen molar-refractivity contribution in [3.8, 4) is 0 Å². The Labute approximate surface area is 113 Å². The third-order valence-corrected chi connectivity index (χ3v) is 2.91. The summed E-state index contributed by atoms with van der Waals surface area (Å²) in [6.45, 7) is 1.64. The zero-order valence-corrected chi connectivity index (χ0v) is 11.2. The molecule has 0 aromatic heterocycles. The second kappa shape index (κ2) is 6.99. The Morgan fingerprint density at radius 1 is 1.26 bits per heavy atom. The van der Waals surface area contributed by atoms with Gasteiger partial charge in [-0.25, -0.2) is 4.79 Å². The Balaban J connectivity index is 1.72. The molecular weight excluding hydrogens is 242 g/mol. The lowest BCUT2D eigenvalue weighted by atomic mass is 10.2. The third kappa shape index (κ3) is 5.18. The van der Waals surface area contributed by atoms with Crippen molar-refractivity contribution in [3.63, 3.8) is 0 Å². The van der Waals surface area contributed by atoms with E-state index in [9.17, 15) is 4.79 Å². The molecule has 0 spiro atoms. The normalized spacial score (nSPS) is 13.9. The van der Waals surface area contributed by atoms with E-state index in [0.29, 0.717) is 6.04 Å². The van der Waals surface area contributed by atoms with E-state index in [-0.39, 0.29) is 6.03 Å². The molecule has 0 atom stereocenters. The summed E-state index contributed by atoms with van der Waals surface area (Å²) in [6.07, 6.45) is 3.16. The van der Waals surface area contributed by atoms with Gasteiger partial charge in [-0.1, -0.05) is 0 Å². The first-order chi connectivity index (χ1) is 9.28. The van der Waals surface area contributed by atoms with Crippen LogP contribution in [0.5, 0.6) is 0 Å². The first kappa shape index (κ1) is 13.7. The zero-order valence-electron chi connectivity index (χ0n) is 11.2. The largest absolute Gasteiger partial charge is 0.385 e. The molecule has 0 heterocycles. The summed E-state index contributed by atoms with van der Waals surface area (Å²) in [5.74, 6) is 0. The number of carbonyl (C=O) groups excluding carboxylic acids is 1. The number of amides is 2. The Bertz CT molecular complexity index is 402. The Morgan fingerprint density at radius 2 is 1.95 bits per heavy atom. The predicted octanol–water partition coefficient (Wildman–Crippen LogP) is 2.42. The quantitative estimate of drug-likeness (QED) is 0.662. The van der Waals surface area contributed by atoms with Crippen molar-refractivity contribution in [1.82, 2.24) is 5.32 Å². The summed E-state index contributed by atoms with van der Waals surface area (Å²) in [7, 11) is 1.70. The molecule has 0 saturated heterocycles.